The van der Waals surface area contributed by atoms with Crippen molar-refractivity contribution in [2.24, 2.45) is 0 Å². The molecule has 0 radical (unpaired) electrons. The molecule has 1 aliphatic heterocycles. The van der Waals surface area contributed by atoms with Gasteiger partial charge < -0.3 is 5.32 Å². The Morgan fingerprint density at radius 1 is 1.50 bits per heavy atom. The first-order valence-corrected chi connectivity index (χ1v) is 3.26. The minimum Gasteiger partial charge on any atom is -0.305 e. The highest BCUT2D eigenvalue weighted by Crippen LogP contribution is 2.07. The van der Waals surface area contributed by atoms with Gasteiger partial charge in [-0.25, -0.2) is 0 Å². The molecule has 0 saturated carbocycles. The first kappa shape index (κ1) is 6.05. The van der Waals surface area contributed by atoms with Crippen molar-refractivity contribution in [1.82, 2.24) is 10.6 Å². The Morgan fingerprint density at radius 2 is 2.25 bits per heavy atom. The summed E-state index contributed by atoms with van der Waals surface area (Å²) in [5.41, 5.74) is 0. The van der Waals surface area contributed by atoms with E-state index in [1.54, 1.807) is 0 Å². The van der Waals surface area contributed by atoms with Crippen LogP contribution in [0.25, 0.3) is 0 Å². The van der Waals surface area contributed by atoms with Crippen molar-refractivity contribution in [2.75, 3.05) is 7.05 Å². The van der Waals surface area contributed by atoms with E-state index in [9.17, 15) is 0 Å². The minimum absolute atomic E-state index is 0.574. The van der Waals surface area contributed by atoms with Crippen molar-refractivity contribution in [3.63, 3.8) is 0 Å². The van der Waals surface area contributed by atoms with Crippen LogP contribution in [-0.2, 0) is 0 Å². The Bertz CT molecular complexity index is 72.9. The highest BCUT2D eigenvalue weighted by atomic mass is 15.1. The zero-order valence-corrected chi connectivity index (χ0v) is 5.57. The molecule has 1 aliphatic rings. The Labute approximate surface area is 50.7 Å². The van der Waals surface area contributed by atoms with Gasteiger partial charge in [0, 0.05) is 6.04 Å². The van der Waals surface area contributed by atoms with Gasteiger partial charge in [-0.1, -0.05) is 0 Å². The SMILES string of the molecule is CNC1CCC(C)N1. The van der Waals surface area contributed by atoms with Crippen LogP contribution in [0, 0.1) is 0 Å². The summed E-state index contributed by atoms with van der Waals surface area (Å²) < 4.78 is 0. The number of hydrogen-bond donors (Lipinski definition) is 2. The fraction of sp³-hybridized carbons (Fsp3) is 1.00. The van der Waals surface area contributed by atoms with Crippen LogP contribution in [0.1, 0.15) is 19.8 Å². The van der Waals surface area contributed by atoms with Gasteiger partial charge in [0.25, 0.3) is 0 Å². The second-order valence-corrected chi connectivity index (χ2v) is 2.49. The minimum atomic E-state index is 0.574. The van der Waals surface area contributed by atoms with E-state index < -0.39 is 0 Å². The monoisotopic (exact) mass is 114 g/mol. The van der Waals surface area contributed by atoms with E-state index in [-0.39, 0.29) is 0 Å². The molecule has 0 aromatic heterocycles. The van der Waals surface area contributed by atoms with E-state index in [0.717, 1.165) is 0 Å². The molecule has 2 N–H and O–H groups in total. The van der Waals surface area contributed by atoms with Crippen LogP contribution in [0.3, 0.4) is 0 Å². The molecule has 1 rings (SSSR count). The normalized spacial score (nSPS) is 38.2. The molecule has 2 unspecified atom stereocenters. The molecule has 0 bridgehead atoms. The largest absolute Gasteiger partial charge is 0.305 e. The standard InChI is InChI=1S/C6H14N2/c1-5-3-4-6(7-2)8-5/h5-8H,3-4H2,1-2H3. The summed E-state index contributed by atoms with van der Waals surface area (Å²) in [5.74, 6) is 0. The summed E-state index contributed by atoms with van der Waals surface area (Å²) >= 11 is 0. The third-order valence-corrected chi connectivity index (χ3v) is 1.72. The smallest absolute Gasteiger partial charge is 0.0571 e. The topological polar surface area (TPSA) is 24.1 Å². The summed E-state index contributed by atoms with van der Waals surface area (Å²) in [6, 6.07) is 0.715. The molecule has 2 heteroatoms. The van der Waals surface area contributed by atoms with Gasteiger partial charge in [0.2, 0.25) is 0 Å². The lowest BCUT2D eigenvalue weighted by atomic mass is 10.2. The maximum atomic E-state index is 3.39. The van der Waals surface area contributed by atoms with Gasteiger partial charge in [0.1, 0.15) is 0 Å². The van der Waals surface area contributed by atoms with E-state index in [1.165, 1.54) is 12.8 Å². The predicted molar refractivity (Wildman–Crippen MR) is 34.7 cm³/mol. The highest BCUT2D eigenvalue weighted by Gasteiger charge is 2.17. The van der Waals surface area contributed by atoms with Gasteiger partial charge in [-0.2, -0.15) is 0 Å². The Kier molecular flexibility index (Phi) is 1.86. The average molecular weight is 114 g/mol. The van der Waals surface area contributed by atoms with Crippen molar-refractivity contribution in [3.05, 3.63) is 0 Å². The molecule has 0 aromatic carbocycles. The molecule has 1 saturated heterocycles. The molecular weight excluding hydrogens is 100 g/mol. The molecule has 48 valence electrons. The zero-order valence-electron chi connectivity index (χ0n) is 5.57. The van der Waals surface area contributed by atoms with Crippen molar-refractivity contribution < 1.29 is 0 Å². The van der Waals surface area contributed by atoms with Gasteiger partial charge in [0.05, 0.1) is 6.17 Å². The van der Waals surface area contributed by atoms with Crippen molar-refractivity contribution in [1.29, 1.82) is 0 Å². The van der Waals surface area contributed by atoms with Crippen LogP contribution < -0.4 is 10.6 Å². The van der Waals surface area contributed by atoms with Crippen LogP contribution >= 0.6 is 0 Å². The first-order valence-electron chi connectivity index (χ1n) is 3.26. The van der Waals surface area contributed by atoms with Crippen molar-refractivity contribution in [3.8, 4) is 0 Å². The second kappa shape index (κ2) is 2.46. The molecule has 0 amide bonds. The lowest BCUT2D eigenvalue weighted by Crippen LogP contribution is -2.37. The Morgan fingerprint density at radius 3 is 2.50 bits per heavy atom. The van der Waals surface area contributed by atoms with Crippen molar-refractivity contribution in [2.45, 2.75) is 32.0 Å². The fourth-order valence-corrected chi connectivity index (χ4v) is 1.15. The quantitative estimate of drug-likeness (QED) is 0.512. The molecule has 0 aliphatic carbocycles. The molecule has 0 aromatic rings. The third kappa shape index (κ3) is 1.20. The van der Waals surface area contributed by atoms with E-state index in [2.05, 4.69) is 17.6 Å². The molecule has 0 spiro atoms. The second-order valence-electron chi connectivity index (χ2n) is 2.49. The highest BCUT2D eigenvalue weighted by molar-refractivity contribution is 4.76. The number of hydrogen-bond acceptors (Lipinski definition) is 2. The maximum Gasteiger partial charge on any atom is 0.0571 e. The Hall–Kier alpha value is -0.0800. The summed E-state index contributed by atoms with van der Waals surface area (Å²) in [5, 5.41) is 6.58. The van der Waals surface area contributed by atoms with Gasteiger partial charge in [-0.15, -0.1) is 0 Å². The summed E-state index contributed by atoms with van der Waals surface area (Å²) in [6.07, 6.45) is 3.16. The molecule has 1 fully saturated rings. The van der Waals surface area contributed by atoms with E-state index >= 15 is 0 Å². The van der Waals surface area contributed by atoms with Crippen LogP contribution in [0.4, 0.5) is 0 Å². The van der Waals surface area contributed by atoms with Gasteiger partial charge in [-0.05, 0) is 26.8 Å². The molecular formula is C6H14N2. The molecule has 1 heterocycles. The molecule has 8 heavy (non-hydrogen) atoms. The third-order valence-electron chi connectivity index (χ3n) is 1.72. The predicted octanol–water partition coefficient (Wildman–Crippen LogP) is 0.304. The lowest BCUT2D eigenvalue weighted by molar-refractivity contribution is 0.502. The van der Waals surface area contributed by atoms with Crippen LogP contribution in [0.5, 0.6) is 0 Å². The lowest BCUT2D eigenvalue weighted by Gasteiger charge is -2.08. The number of rotatable bonds is 1. The van der Waals surface area contributed by atoms with Crippen LogP contribution in [0.15, 0.2) is 0 Å². The zero-order chi connectivity index (χ0) is 5.98. The summed E-state index contributed by atoms with van der Waals surface area (Å²) in [4.78, 5) is 0. The van der Waals surface area contributed by atoms with E-state index in [0.29, 0.717) is 12.2 Å². The number of nitrogens with one attached hydrogen (secondary N) is 2. The van der Waals surface area contributed by atoms with Crippen molar-refractivity contribution >= 4 is 0 Å². The summed E-state index contributed by atoms with van der Waals surface area (Å²) in [7, 11) is 2.00. The summed E-state index contributed by atoms with van der Waals surface area (Å²) in [6.45, 7) is 2.22. The first-order chi connectivity index (χ1) is 3.83. The van der Waals surface area contributed by atoms with E-state index in [1.807, 2.05) is 7.05 Å². The average Bonchev–Trinajstić information content (AvgIpc) is 2.14. The van der Waals surface area contributed by atoms with Crippen LogP contribution in [-0.4, -0.2) is 19.3 Å². The molecule has 2 nitrogen and oxygen atoms in total. The molecule has 2 atom stereocenters. The fourth-order valence-electron chi connectivity index (χ4n) is 1.15. The van der Waals surface area contributed by atoms with Crippen LogP contribution in [0.2, 0.25) is 0 Å². The maximum absolute atomic E-state index is 3.39. The Balaban J connectivity index is 2.22. The van der Waals surface area contributed by atoms with Gasteiger partial charge >= 0.3 is 0 Å². The van der Waals surface area contributed by atoms with Gasteiger partial charge in [0.15, 0.2) is 0 Å². The van der Waals surface area contributed by atoms with Gasteiger partial charge in [-0.3, -0.25) is 5.32 Å². The van der Waals surface area contributed by atoms with E-state index in [4.69, 9.17) is 0 Å².